The van der Waals surface area contributed by atoms with E-state index < -0.39 is 5.41 Å². The Balaban J connectivity index is 1.12. The molecule has 1 aliphatic carbocycles. The van der Waals surface area contributed by atoms with E-state index in [4.69, 9.17) is 0 Å². The van der Waals surface area contributed by atoms with Crippen molar-refractivity contribution in [1.29, 1.82) is 0 Å². The molecule has 0 saturated carbocycles. The molecule has 0 N–H and O–H groups in total. The molecule has 0 fully saturated rings. The van der Waals surface area contributed by atoms with Crippen LogP contribution in [-0.2, 0) is 5.41 Å². The minimum absolute atomic E-state index is 0.535. The number of benzene rings is 11. The molecule has 1 aliphatic rings. The first-order valence-electron chi connectivity index (χ1n) is 22.2. The van der Waals surface area contributed by atoms with E-state index in [0.29, 0.717) is 0 Å². The fourth-order valence-corrected chi connectivity index (χ4v) is 10.5. The van der Waals surface area contributed by atoms with Crippen molar-refractivity contribution in [1.82, 2.24) is 0 Å². The number of anilines is 3. The van der Waals surface area contributed by atoms with Crippen LogP contribution in [0.3, 0.4) is 0 Å². The smallest absolute Gasteiger partial charge is 0.0714 e. The third-order valence-corrected chi connectivity index (χ3v) is 13.3. The Morgan fingerprint density at radius 2 is 0.766 bits per heavy atom. The van der Waals surface area contributed by atoms with E-state index >= 15 is 0 Å². The largest absolute Gasteiger partial charge is 0.310 e. The van der Waals surface area contributed by atoms with Gasteiger partial charge < -0.3 is 4.90 Å². The van der Waals surface area contributed by atoms with Crippen molar-refractivity contribution in [2.75, 3.05) is 4.90 Å². The summed E-state index contributed by atoms with van der Waals surface area (Å²) in [7, 11) is 0. The van der Waals surface area contributed by atoms with Crippen LogP contribution in [0.5, 0.6) is 0 Å². The van der Waals surface area contributed by atoms with Gasteiger partial charge in [-0.15, -0.1) is 0 Å². The van der Waals surface area contributed by atoms with Gasteiger partial charge in [0.25, 0.3) is 0 Å². The lowest BCUT2D eigenvalue weighted by atomic mass is 9.67. The number of fused-ring (bicyclic) bond motifs is 6. The van der Waals surface area contributed by atoms with Crippen molar-refractivity contribution in [2.24, 2.45) is 0 Å². The molecule has 0 aliphatic heterocycles. The summed E-state index contributed by atoms with van der Waals surface area (Å²) < 4.78 is 0. The molecule has 0 amide bonds. The van der Waals surface area contributed by atoms with Crippen LogP contribution in [0.1, 0.15) is 22.3 Å². The van der Waals surface area contributed by atoms with E-state index in [1.54, 1.807) is 0 Å². The summed E-state index contributed by atoms with van der Waals surface area (Å²) in [5.41, 5.74) is 17.6. The summed E-state index contributed by atoms with van der Waals surface area (Å²) in [5.74, 6) is 0. The second-order valence-corrected chi connectivity index (χ2v) is 16.8. The van der Waals surface area contributed by atoms with Crippen molar-refractivity contribution >= 4 is 38.6 Å². The molecular weight excluding hydrogens is 771 g/mol. The van der Waals surface area contributed by atoms with E-state index in [1.165, 1.54) is 88.3 Å². The van der Waals surface area contributed by atoms with Crippen LogP contribution in [0.15, 0.2) is 261 Å². The van der Waals surface area contributed by atoms with Gasteiger partial charge in [-0.1, -0.05) is 231 Å². The van der Waals surface area contributed by atoms with Gasteiger partial charge in [0, 0.05) is 16.8 Å². The van der Waals surface area contributed by atoms with Gasteiger partial charge in [0.05, 0.1) is 11.1 Å². The van der Waals surface area contributed by atoms with Gasteiger partial charge in [-0.2, -0.15) is 0 Å². The Labute approximate surface area is 374 Å². The van der Waals surface area contributed by atoms with Crippen LogP contribution in [0.2, 0.25) is 0 Å². The molecule has 0 bridgehead atoms. The molecule has 11 aromatic carbocycles. The summed E-state index contributed by atoms with van der Waals surface area (Å²) in [4.78, 5) is 2.50. The van der Waals surface area contributed by atoms with Crippen LogP contribution in [-0.4, -0.2) is 0 Å². The van der Waals surface area contributed by atoms with Crippen molar-refractivity contribution in [3.63, 3.8) is 0 Å². The lowest BCUT2D eigenvalue weighted by molar-refractivity contribution is 0.768. The average molecular weight is 814 g/mol. The molecule has 0 atom stereocenters. The molecule has 1 heteroatoms. The van der Waals surface area contributed by atoms with Gasteiger partial charge in [-0.05, 0) is 113 Å². The van der Waals surface area contributed by atoms with Gasteiger partial charge in [0.15, 0.2) is 0 Å². The van der Waals surface area contributed by atoms with Crippen LogP contribution in [0.4, 0.5) is 17.1 Å². The zero-order chi connectivity index (χ0) is 42.5. The zero-order valence-corrected chi connectivity index (χ0v) is 35.3. The highest BCUT2D eigenvalue weighted by Crippen LogP contribution is 2.57. The molecule has 0 heterocycles. The van der Waals surface area contributed by atoms with E-state index in [-0.39, 0.29) is 0 Å². The maximum absolute atomic E-state index is 2.50. The Hall–Kier alpha value is -8.26. The molecule has 64 heavy (non-hydrogen) atoms. The Morgan fingerprint density at radius 3 is 1.47 bits per heavy atom. The summed E-state index contributed by atoms with van der Waals surface area (Å²) in [6, 6.07) is 96.0. The Kier molecular flexibility index (Phi) is 9.13. The Bertz CT molecular complexity index is 3430. The van der Waals surface area contributed by atoms with Gasteiger partial charge in [0.1, 0.15) is 0 Å². The second-order valence-electron chi connectivity index (χ2n) is 16.8. The maximum Gasteiger partial charge on any atom is 0.0714 e. The normalized spacial score (nSPS) is 12.5. The second kappa shape index (κ2) is 15.6. The highest BCUT2D eigenvalue weighted by molar-refractivity contribution is 6.14. The van der Waals surface area contributed by atoms with Gasteiger partial charge in [0.2, 0.25) is 0 Å². The van der Waals surface area contributed by atoms with Crippen molar-refractivity contribution < 1.29 is 0 Å². The molecule has 0 aromatic heterocycles. The standard InChI is InChI=1S/C63H43N/c1-4-19-44(20-5-1)45-35-37-47(38-36-45)54-40-39-52(43-59(54)46-21-6-2-7-22-46)64(62-41-48-23-10-11-28-53(48)55-29-12-13-32-58(55)62)51-27-18-26-50(42-51)63(49-24-8-3-9-25-49)60-33-16-14-30-56(60)57-31-15-17-34-61(57)63/h1-43H. The average Bonchev–Trinajstić information content (AvgIpc) is 3.68. The molecule has 12 rings (SSSR count). The molecular formula is C63H43N. The first-order chi connectivity index (χ1) is 31.8. The maximum atomic E-state index is 2.50. The van der Waals surface area contributed by atoms with Crippen molar-refractivity contribution in [3.05, 3.63) is 283 Å². The first kappa shape index (κ1) is 37.5. The highest BCUT2D eigenvalue weighted by Gasteiger charge is 2.46. The van der Waals surface area contributed by atoms with E-state index in [2.05, 4.69) is 266 Å². The van der Waals surface area contributed by atoms with E-state index in [1.807, 2.05) is 0 Å². The fraction of sp³-hybridized carbons (Fsp3) is 0.0159. The predicted molar refractivity (Wildman–Crippen MR) is 270 cm³/mol. The monoisotopic (exact) mass is 813 g/mol. The van der Waals surface area contributed by atoms with Crippen LogP contribution in [0, 0.1) is 0 Å². The number of nitrogens with zero attached hydrogens (tertiary/aromatic N) is 1. The highest BCUT2D eigenvalue weighted by atomic mass is 15.1. The fourth-order valence-electron chi connectivity index (χ4n) is 10.5. The van der Waals surface area contributed by atoms with Crippen LogP contribution in [0.25, 0.3) is 66.1 Å². The quantitative estimate of drug-likeness (QED) is 0.138. The molecule has 0 spiro atoms. The number of rotatable bonds is 8. The third-order valence-electron chi connectivity index (χ3n) is 13.3. The minimum atomic E-state index is -0.535. The molecule has 0 unspecified atom stereocenters. The van der Waals surface area contributed by atoms with Crippen LogP contribution >= 0.6 is 0 Å². The third kappa shape index (κ3) is 6.08. The molecule has 300 valence electrons. The SMILES string of the molecule is c1ccc(-c2ccc(-c3ccc(N(c4cccc(C5(c6ccccc6)c6ccccc6-c6ccccc65)c4)c4cc5ccccc5c5ccccc45)cc3-c3ccccc3)cc2)cc1. The van der Waals surface area contributed by atoms with Gasteiger partial charge in [-0.3, -0.25) is 0 Å². The van der Waals surface area contributed by atoms with Gasteiger partial charge in [-0.25, -0.2) is 0 Å². The molecule has 1 nitrogen and oxygen atoms in total. The zero-order valence-electron chi connectivity index (χ0n) is 35.3. The topological polar surface area (TPSA) is 3.24 Å². The summed E-state index contributed by atoms with van der Waals surface area (Å²) in [6.07, 6.45) is 0. The summed E-state index contributed by atoms with van der Waals surface area (Å²) >= 11 is 0. The lowest BCUT2D eigenvalue weighted by Gasteiger charge is -2.35. The Morgan fingerprint density at radius 1 is 0.266 bits per heavy atom. The van der Waals surface area contributed by atoms with Crippen molar-refractivity contribution in [2.45, 2.75) is 5.41 Å². The molecule has 11 aromatic rings. The summed E-state index contributed by atoms with van der Waals surface area (Å²) in [5, 5.41) is 4.88. The first-order valence-corrected chi connectivity index (χ1v) is 22.2. The molecule has 0 saturated heterocycles. The number of hydrogen-bond acceptors (Lipinski definition) is 1. The molecule has 0 radical (unpaired) electrons. The summed E-state index contributed by atoms with van der Waals surface area (Å²) in [6.45, 7) is 0. The minimum Gasteiger partial charge on any atom is -0.310 e. The van der Waals surface area contributed by atoms with Crippen molar-refractivity contribution in [3.8, 4) is 44.5 Å². The number of hydrogen-bond donors (Lipinski definition) is 0. The van der Waals surface area contributed by atoms with E-state index in [9.17, 15) is 0 Å². The van der Waals surface area contributed by atoms with Crippen LogP contribution < -0.4 is 4.90 Å². The van der Waals surface area contributed by atoms with E-state index in [0.717, 1.165) is 17.1 Å². The lowest BCUT2D eigenvalue weighted by Crippen LogP contribution is -2.28. The van der Waals surface area contributed by atoms with Gasteiger partial charge >= 0.3 is 0 Å². The predicted octanol–water partition coefficient (Wildman–Crippen LogP) is 16.8.